The Morgan fingerprint density at radius 3 is 2.72 bits per heavy atom. The molecule has 0 spiro atoms. The number of nitrogens with one attached hydrogen (secondary N) is 1. The summed E-state index contributed by atoms with van der Waals surface area (Å²) in [6.45, 7) is 18.2. The van der Waals surface area contributed by atoms with Gasteiger partial charge in [-0.1, -0.05) is 18.7 Å². The molecule has 0 bridgehead atoms. The van der Waals surface area contributed by atoms with Gasteiger partial charge in [0.05, 0.1) is 19.8 Å². The maximum Gasteiger partial charge on any atom is 0.318 e. The number of allylic oxidation sites excluding steroid dienone is 3. The van der Waals surface area contributed by atoms with Gasteiger partial charge in [-0.05, 0) is 32.6 Å². The number of aliphatic imine (C=N–C) groups is 1. The van der Waals surface area contributed by atoms with E-state index >= 15 is 0 Å². The second-order valence-corrected chi connectivity index (χ2v) is 6.64. The van der Waals surface area contributed by atoms with Crippen molar-refractivity contribution >= 4 is 22.0 Å². The molecule has 2 saturated heterocycles. The third-order valence-electron chi connectivity index (χ3n) is 4.05. The number of rotatable bonds is 7. The Bertz CT molecular complexity index is 607. The van der Waals surface area contributed by atoms with E-state index in [-0.39, 0.29) is 0 Å². The van der Waals surface area contributed by atoms with Crippen molar-refractivity contribution in [2.75, 3.05) is 45.9 Å². The summed E-state index contributed by atoms with van der Waals surface area (Å²) in [5.41, 5.74) is 2.04. The quantitative estimate of drug-likeness (QED) is 0.559. The Labute approximate surface area is 155 Å². The highest BCUT2D eigenvalue weighted by molar-refractivity contribution is 8.27. The van der Waals surface area contributed by atoms with Crippen LogP contribution in [0, 0.1) is 0 Å². The number of hydrogen-bond donors (Lipinski definition) is 1. The average molecular weight is 362 g/mol. The third kappa shape index (κ3) is 5.61. The Hall–Kier alpha value is -1.79. The Kier molecular flexibility index (Phi) is 8.01. The van der Waals surface area contributed by atoms with Crippen LogP contribution in [-0.2, 0) is 4.74 Å². The first kappa shape index (κ1) is 19.5. The summed E-state index contributed by atoms with van der Waals surface area (Å²) < 4.78 is 7.70. The molecular formula is C19H29N4OS+. The summed E-state index contributed by atoms with van der Waals surface area (Å²) in [5.74, 6) is 0. The molecule has 0 atom stereocenters. The molecule has 2 aliphatic rings. The van der Waals surface area contributed by atoms with Gasteiger partial charge >= 0.3 is 5.17 Å². The minimum absolute atomic E-state index is 0.634. The number of thioether (sulfide) groups is 1. The van der Waals surface area contributed by atoms with E-state index in [1.54, 1.807) is 11.8 Å². The normalized spacial score (nSPS) is 20.5. The lowest BCUT2D eigenvalue weighted by Crippen LogP contribution is -2.35. The molecule has 0 unspecified atom stereocenters. The van der Waals surface area contributed by atoms with Crippen molar-refractivity contribution in [1.82, 2.24) is 10.2 Å². The van der Waals surface area contributed by atoms with Crippen molar-refractivity contribution < 1.29 is 9.31 Å². The number of amidine groups is 1. The van der Waals surface area contributed by atoms with Crippen LogP contribution < -0.4 is 5.32 Å². The maximum absolute atomic E-state index is 5.40. The summed E-state index contributed by atoms with van der Waals surface area (Å²) >= 11 is 1.66. The van der Waals surface area contributed by atoms with E-state index in [0.29, 0.717) is 6.54 Å². The van der Waals surface area contributed by atoms with E-state index in [9.17, 15) is 0 Å². The Morgan fingerprint density at radius 2 is 2.08 bits per heavy atom. The molecular weight excluding hydrogens is 332 g/mol. The number of hydrogen-bond acceptors (Lipinski definition) is 4. The van der Waals surface area contributed by atoms with E-state index < -0.39 is 0 Å². The zero-order valence-corrected chi connectivity index (χ0v) is 16.1. The predicted octanol–water partition coefficient (Wildman–Crippen LogP) is 2.60. The molecule has 2 fully saturated rings. The molecule has 0 aliphatic carbocycles. The molecule has 2 rings (SSSR count). The van der Waals surface area contributed by atoms with Gasteiger partial charge < -0.3 is 9.64 Å². The van der Waals surface area contributed by atoms with E-state index in [4.69, 9.17) is 4.74 Å². The molecule has 136 valence electrons. The largest absolute Gasteiger partial charge is 0.373 e. The first-order valence-electron chi connectivity index (χ1n) is 8.82. The topological polar surface area (TPSA) is 39.9 Å². The molecule has 0 radical (unpaired) electrons. The van der Waals surface area contributed by atoms with Crippen LogP contribution in [0.5, 0.6) is 0 Å². The van der Waals surface area contributed by atoms with Crippen LogP contribution in [0.4, 0.5) is 0 Å². The second kappa shape index (κ2) is 10.3. The fraction of sp³-hybridized carbons (Fsp3) is 0.474. The van der Waals surface area contributed by atoms with Gasteiger partial charge in [0.15, 0.2) is 5.70 Å². The molecule has 2 aliphatic heterocycles. The van der Waals surface area contributed by atoms with Crippen LogP contribution in [-0.4, -0.2) is 65.6 Å². The lowest BCUT2D eigenvalue weighted by molar-refractivity contribution is -0.548. The van der Waals surface area contributed by atoms with E-state index in [2.05, 4.69) is 58.9 Å². The molecule has 6 heteroatoms. The number of ether oxygens (including phenoxy) is 1. The fourth-order valence-corrected chi connectivity index (χ4v) is 3.67. The highest BCUT2D eigenvalue weighted by Gasteiger charge is 2.30. The van der Waals surface area contributed by atoms with Crippen LogP contribution in [0.3, 0.4) is 0 Å². The van der Waals surface area contributed by atoms with Crippen molar-refractivity contribution in [3.05, 3.63) is 48.9 Å². The maximum atomic E-state index is 5.40. The smallest absolute Gasteiger partial charge is 0.318 e. The summed E-state index contributed by atoms with van der Waals surface area (Å²) in [6.07, 6.45) is 8.06. The average Bonchev–Trinajstić information content (AvgIpc) is 3.01. The molecule has 1 N–H and O–H groups in total. The van der Waals surface area contributed by atoms with Gasteiger partial charge in [0.1, 0.15) is 18.1 Å². The SMILES string of the molecule is C=C/C=C(\C=C/CN=C1SC(=[N+]2CCOCC2)NC1=C)N(CC)CC. The van der Waals surface area contributed by atoms with E-state index in [0.717, 1.165) is 61.0 Å². The molecule has 25 heavy (non-hydrogen) atoms. The first-order chi connectivity index (χ1) is 12.2. The monoisotopic (exact) mass is 361 g/mol. The third-order valence-corrected chi connectivity index (χ3v) is 5.18. The minimum Gasteiger partial charge on any atom is -0.373 e. The number of nitrogens with zero attached hydrogens (tertiary/aromatic N) is 3. The molecule has 0 aromatic heterocycles. The second-order valence-electron chi connectivity index (χ2n) is 5.66. The molecule has 0 aromatic carbocycles. The van der Waals surface area contributed by atoms with Crippen LogP contribution in [0.25, 0.3) is 0 Å². The van der Waals surface area contributed by atoms with Crippen LogP contribution in [0.1, 0.15) is 13.8 Å². The lowest BCUT2D eigenvalue weighted by atomic mass is 10.3. The molecule has 5 nitrogen and oxygen atoms in total. The highest BCUT2D eigenvalue weighted by atomic mass is 32.2. The Balaban J connectivity index is 1.98. The van der Waals surface area contributed by atoms with Gasteiger partial charge in [-0.3, -0.25) is 9.57 Å². The lowest BCUT2D eigenvalue weighted by Gasteiger charge is -2.21. The van der Waals surface area contributed by atoms with Crippen molar-refractivity contribution in [3.8, 4) is 0 Å². The van der Waals surface area contributed by atoms with Crippen molar-refractivity contribution in [2.24, 2.45) is 4.99 Å². The van der Waals surface area contributed by atoms with Gasteiger partial charge in [0.2, 0.25) is 0 Å². The summed E-state index contributed by atoms with van der Waals surface area (Å²) in [6, 6.07) is 0. The molecule has 0 saturated carbocycles. The minimum atomic E-state index is 0.634. The van der Waals surface area contributed by atoms with Gasteiger partial charge in [-0.15, -0.1) is 0 Å². The molecule has 0 amide bonds. The summed E-state index contributed by atoms with van der Waals surface area (Å²) in [5, 5.41) is 5.43. The van der Waals surface area contributed by atoms with E-state index in [1.165, 1.54) is 0 Å². The molecule has 0 aromatic rings. The molecule has 2 heterocycles. The Morgan fingerprint density at radius 1 is 1.36 bits per heavy atom. The van der Waals surface area contributed by atoms with Crippen molar-refractivity contribution in [1.29, 1.82) is 0 Å². The summed E-state index contributed by atoms with van der Waals surface area (Å²) in [4.78, 5) is 6.96. The van der Waals surface area contributed by atoms with Crippen molar-refractivity contribution in [2.45, 2.75) is 13.8 Å². The standard InChI is InChI=1S/C19H28N4OS/c1-5-9-17(22(6-2)7-3)10-8-11-20-18-16(4)21-19(25-18)23-12-14-24-15-13-23/h5,8-10H,1,4,6-7,11-15H2,2-3H3/p+1/b10-8-,17-9+,20-18?. The summed E-state index contributed by atoms with van der Waals surface area (Å²) in [7, 11) is 0. The van der Waals surface area contributed by atoms with Crippen molar-refractivity contribution in [3.63, 3.8) is 0 Å². The first-order valence-corrected chi connectivity index (χ1v) is 9.63. The van der Waals surface area contributed by atoms with Gasteiger partial charge in [-0.25, -0.2) is 5.32 Å². The predicted molar refractivity (Wildman–Crippen MR) is 108 cm³/mol. The van der Waals surface area contributed by atoms with Crippen LogP contribution in [0.2, 0.25) is 0 Å². The van der Waals surface area contributed by atoms with Gasteiger partial charge in [-0.2, -0.15) is 0 Å². The number of likely N-dealkylation sites (N-methyl/N-ethyl adjacent to an activating group) is 1. The fourth-order valence-electron chi connectivity index (χ4n) is 2.68. The zero-order chi connectivity index (χ0) is 18.1. The van der Waals surface area contributed by atoms with Gasteiger partial charge in [0.25, 0.3) is 0 Å². The zero-order valence-electron chi connectivity index (χ0n) is 15.3. The van der Waals surface area contributed by atoms with Crippen LogP contribution >= 0.6 is 11.8 Å². The van der Waals surface area contributed by atoms with Gasteiger partial charge in [0, 0.05) is 30.5 Å². The highest BCUT2D eigenvalue weighted by Crippen LogP contribution is 2.20. The van der Waals surface area contributed by atoms with E-state index in [1.807, 2.05) is 12.2 Å². The number of morpholine rings is 1. The van der Waals surface area contributed by atoms with Crippen LogP contribution in [0.15, 0.2) is 53.8 Å².